The van der Waals surface area contributed by atoms with Crippen molar-refractivity contribution in [1.82, 2.24) is 4.94 Å². The molecule has 0 amide bonds. The van der Waals surface area contributed by atoms with Crippen molar-refractivity contribution in [1.29, 1.82) is 0 Å². The zero-order chi connectivity index (χ0) is 7.82. The summed E-state index contributed by atoms with van der Waals surface area (Å²) in [6.07, 6.45) is 4.00. The first kappa shape index (κ1) is 9.36. The lowest BCUT2D eigenvalue weighted by Crippen LogP contribution is -2.25. The number of hydrogen-bond acceptors (Lipinski definition) is 2. The van der Waals surface area contributed by atoms with Crippen LogP contribution >= 0.6 is 11.8 Å². The number of halogens is 1. The molecule has 56 valence electrons. The second kappa shape index (κ2) is 6.48. The zero-order valence-electron chi connectivity index (χ0n) is 5.79. The molecule has 0 aliphatic heterocycles. The Hall–Kier alpha value is -0.640. The fourth-order valence-corrected chi connectivity index (χ4v) is 0.485. The number of aryl methyl sites for hydroxylation is 1. The van der Waals surface area contributed by atoms with E-state index in [0.717, 1.165) is 0 Å². The molecule has 4 heteroatoms. The predicted molar refractivity (Wildman–Crippen MR) is 40.8 cm³/mol. The van der Waals surface area contributed by atoms with Crippen molar-refractivity contribution in [2.45, 2.75) is 0 Å². The van der Waals surface area contributed by atoms with Crippen LogP contribution in [0.25, 0.3) is 0 Å². The summed E-state index contributed by atoms with van der Waals surface area (Å²) in [5.41, 5.74) is 0. The molecule has 1 aromatic heterocycles. The minimum Gasteiger partial charge on any atom is -0.257 e. The van der Waals surface area contributed by atoms with Crippen molar-refractivity contribution in [3.8, 4) is 0 Å². The van der Waals surface area contributed by atoms with Gasteiger partial charge in [-0.2, -0.15) is 4.94 Å². The Kier molecular flexibility index (Phi) is 6.06. The molecule has 1 aromatic rings. The number of hydrazine groups is 1. The molecule has 0 aromatic carbocycles. The zero-order valence-corrected chi connectivity index (χ0v) is 6.55. The Morgan fingerprint density at radius 1 is 1.30 bits per heavy atom. The van der Waals surface area contributed by atoms with Crippen LogP contribution in [0.2, 0.25) is 0 Å². The lowest BCUT2D eigenvalue weighted by atomic mass is 10.5. The Bertz CT molecular complexity index is 154. The van der Waals surface area contributed by atoms with Gasteiger partial charge in [0.1, 0.15) is 7.05 Å². The molecule has 0 aliphatic carbocycles. The first-order valence-electron chi connectivity index (χ1n) is 2.77. The number of aromatic nitrogens is 1. The summed E-state index contributed by atoms with van der Waals surface area (Å²) >= 11 is 4.53. The second-order valence-electron chi connectivity index (χ2n) is 1.65. The van der Waals surface area contributed by atoms with Gasteiger partial charge in [0.05, 0.1) is 0 Å². The van der Waals surface area contributed by atoms with Gasteiger partial charge in [-0.15, -0.1) is 0 Å². The van der Waals surface area contributed by atoms with E-state index in [4.69, 9.17) is 0 Å². The van der Waals surface area contributed by atoms with Crippen molar-refractivity contribution >= 4 is 11.8 Å². The Morgan fingerprint density at radius 2 is 1.70 bits per heavy atom. The third kappa shape index (κ3) is 5.50. The molecule has 0 saturated heterocycles. The van der Waals surface area contributed by atoms with E-state index in [1.54, 1.807) is 4.94 Å². The van der Waals surface area contributed by atoms with Crippen molar-refractivity contribution in [2.24, 2.45) is 12.9 Å². The average molecular weight is 161 g/mol. The number of nitrogens with two attached hydrogens (primary N) is 1. The number of rotatable bonds is 0. The van der Waals surface area contributed by atoms with Gasteiger partial charge in [-0.3, -0.25) is 5.84 Å². The van der Waals surface area contributed by atoms with Gasteiger partial charge in [-0.25, -0.2) is 4.57 Å². The van der Waals surface area contributed by atoms with Crippen LogP contribution in [0.15, 0.2) is 30.6 Å². The van der Waals surface area contributed by atoms with E-state index in [-0.39, 0.29) is 0 Å². The smallest absolute Gasteiger partial charge is 0.168 e. The van der Waals surface area contributed by atoms with Crippen LogP contribution in [0.3, 0.4) is 0 Å². The third-order valence-corrected chi connectivity index (χ3v) is 0.865. The van der Waals surface area contributed by atoms with Gasteiger partial charge in [0.2, 0.25) is 0 Å². The summed E-state index contributed by atoms with van der Waals surface area (Å²) in [5, 5.41) is 0. The van der Waals surface area contributed by atoms with E-state index in [0.29, 0.717) is 0 Å². The molecule has 0 aliphatic rings. The van der Waals surface area contributed by atoms with Crippen molar-refractivity contribution < 1.29 is 4.57 Å². The SMILES string of the molecule is C[n+]1ccccc1.NNCl. The summed E-state index contributed by atoms with van der Waals surface area (Å²) < 4.78 is 2.00. The van der Waals surface area contributed by atoms with Gasteiger partial charge >= 0.3 is 0 Å². The molecule has 10 heavy (non-hydrogen) atoms. The monoisotopic (exact) mass is 160 g/mol. The molecule has 0 spiro atoms. The molecule has 3 N–H and O–H groups in total. The minimum absolute atomic E-state index is 1.72. The van der Waals surface area contributed by atoms with Gasteiger partial charge < -0.3 is 0 Å². The summed E-state index contributed by atoms with van der Waals surface area (Å²) in [7, 11) is 2.00. The average Bonchev–Trinajstić information content (AvgIpc) is 1.91. The molecular formula is C6H11ClN3+. The Labute approximate surface area is 65.5 Å². The van der Waals surface area contributed by atoms with Gasteiger partial charge in [-0.1, -0.05) is 6.07 Å². The Morgan fingerprint density at radius 3 is 1.90 bits per heavy atom. The summed E-state index contributed by atoms with van der Waals surface area (Å²) in [4.78, 5) is 1.72. The van der Waals surface area contributed by atoms with Crippen LogP contribution in [-0.2, 0) is 7.05 Å². The lowest BCUT2D eigenvalue weighted by Gasteiger charge is -1.77. The fourth-order valence-electron chi connectivity index (χ4n) is 0.485. The highest BCUT2D eigenvalue weighted by molar-refractivity contribution is 6.12. The van der Waals surface area contributed by atoms with Crippen LogP contribution in [-0.4, -0.2) is 0 Å². The van der Waals surface area contributed by atoms with E-state index in [2.05, 4.69) is 17.6 Å². The van der Waals surface area contributed by atoms with Gasteiger partial charge in [0, 0.05) is 12.1 Å². The van der Waals surface area contributed by atoms with Gasteiger partial charge in [0.15, 0.2) is 12.4 Å². The minimum atomic E-state index is 1.72. The molecule has 1 rings (SSSR count). The first-order chi connectivity index (χ1) is 4.81. The Balaban J connectivity index is 0.000000236. The van der Waals surface area contributed by atoms with Crippen molar-refractivity contribution in [3.05, 3.63) is 30.6 Å². The molecule has 0 bridgehead atoms. The predicted octanol–water partition coefficient (Wildman–Crippen LogP) is 0.115. The number of nitrogens with one attached hydrogen (secondary N) is 1. The summed E-state index contributed by atoms with van der Waals surface area (Å²) in [6, 6.07) is 6.00. The van der Waals surface area contributed by atoms with Crippen LogP contribution in [0.4, 0.5) is 0 Å². The normalized spacial score (nSPS) is 7.90. The standard InChI is InChI=1S/C6H8N.ClH3N2/c1-7-5-3-2-4-6-7;1-3-2/h2-6H,1H3;3H,2H2/q+1;. The van der Waals surface area contributed by atoms with E-state index >= 15 is 0 Å². The molecule has 0 unspecified atom stereocenters. The number of nitrogens with zero attached hydrogens (tertiary/aromatic N) is 1. The van der Waals surface area contributed by atoms with Crippen LogP contribution < -0.4 is 15.4 Å². The van der Waals surface area contributed by atoms with E-state index in [9.17, 15) is 0 Å². The van der Waals surface area contributed by atoms with Crippen LogP contribution in [0, 0.1) is 0 Å². The maximum absolute atomic E-state index is 4.53. The van der Waals surface area contributed by atoms with Crippen molar-refractivity contribution in [3.63, 3.8) is 0 Å². The number of pyridine rings is 1. The molecule has 0 atom stereocenters. The molecule has 0 fully saturated rings. The fraction of sp³-hybridized carbons (Fsp3) is 0.167. The van der Waals surface area contributed by atoms with E-state index < -0.39 is 0 Å². The maximum Gasteiger partial charge on any atom is 0.168 e. The molecular weight excluding hydrogens is 150 g/mol. The van der Waals surface area contributed by atoms with E-state index in [1.807, 2.05) is 42.2 Å². The first-order valence-corrected chi connectivity index (χ1v) is 3.15. The van der Waals surface area contributed by atoms with E-state index in [1.165, 1.54) is 0 Å². The van der Waals surface area contributed by atoms with Gasteiger partial charge in [0.25, 0.3) is 0 Å². The molecule has 1 heterocycles. The topological polar surface area (TPSA) is 41.9 Å². The van der Waals surface area contributed by atoms with Crippen LogP contribution in [0.5, 0.6) is 0 Å². The second-order valence-corrected chi connectivity index (χ2v) is 1.87. The highest BCUT2D eigenvalue weighted by Gasteiger charge is 1.78. The summed E-state index contributed by atoms with van der Waals surface area (Å²) in [5.74, 6) is 4.36. The summed E-state index contributed by atoms with van der Waals surface area (Å²) in [6.45, 7) is 0. The largest absolute Gasteiger partial charge is 0.257 e. The lowest BCUT2D eigenvalue weighted by molar-refractivity contribution is -0.671. The highest BCUT2D eigenvalue weighted by atomic mass is 35.5. The molecule has 0 saturated carbocycles. The van der Waals surface area contributed by atoms with Crippen LogP contribution in [0.1, 0.15) is 0 Å². The number of hydrogen-bond donors (Lipinski definition) is 2. The third-order valence-electron chi connectivity index (χ3n) is 0.865. The van der Waals surface area contributed by atoms with Crippen molar-refractivity contribution in [2.75, 3.05) is 0 Å². The molecule has 0 radical (unpaired) electrons. The quantitative estimate of drug-likeness (QED) is 0.245. The van der Waals surface area contributed by atoms with Gasteiger partial charge in [-0.05, 0) is 11.8 Å². The highest BCUT2D eigenvalue weighted by Crippen LogP contribution is 1.71. The maximum atomic E-state index is 4.53. The molecule has 3 nitrogen and oxygen atoms in total.